The van der Waals surface area contributed by atoms with Crippen molar-refractivity contribution in [1.82, 2.24) is 9.88 Å². The molecule has 1 aromatic heterocycles. The van der Waals surface area contributed by atoms with E-state index < -0.39 is 5.91 Å². The average Bonchev–Trinajstić information content (AvgIpc) is 3.21. The molecule has 0 aliphatic carbocycles. The second-order valence-corrected chi connectivity index (χ2v) is 8.35. The number of benzene rings is 2. The summed E-state index contributed by atoms with van der Waals surface area (Å²) >= 11 is 0. The van der Waals surface area contributed by atoms with Gasteiger partial charge in [-0.05, 0) is 65.6 Å². The van der Waals surface area contributed by atoms with Gasteiger partial charge in [0.25, 0.3) is 5.91 Å². The number of ether oxygens (including phenoxy) is 1. The molecule has 0 radical (unpaired) electrons. The minimum absolute atomic E-state index is 0.0682. The number of nitrogens with zero attached hydrogens (tertiary/aromatic N) is 3. The van der Waals surface area contributed by atoms with Crippen LogP contribution in [-0.4, -0.2) is 43.8 Å². The Hall–Kier alpha value is -3.56. The highest BCUT2D eigenvalue weighted by Gasteiger charge is 2.12. The lowest BCUT2D eigenvalue weighted by molar-refractivity contribution is -0.117. The van der Waals surface area contributed by atoms with Crippen LogP contribution >= 0.6 is 0 Å². The third-order valence-electron chi connectivity index (χ3n) is 5.88. The number of hydrogen-bond donors (Lipinski definition) is 1. The molecule has 2 aromatic carbocycles. The first kappa shape index (κ1) is 25.1. The minimum atomic E-state index is -0.399. The van der Waals surface area contributed by atoms with Gasteiger partial charge in [0.2, 0.25) is 0 Å². The van der Waals surface area contributed by atoms with Crippen LogP contribution in [0.1, 0.15) is 32.4 Å². The number of anilines is 1. The first-order valence-corrected chi connectivity index (χ1v) is 11.9. The van der Waals surface area contributed by atoms with E-state index in [1.165, 1.54) is 16.5 Å². The van der Waals surface area contributed by atoms with Gasteiger partial charge in [0.1, 0.15) is 11.6 Å². The second kappa shape index (κ2) is 12.1. The molecule has 34 heavy (non-hydrogen) atoms. The summed E-state index contributed by atoms with van der Waals surface area (Å²) in [4.78, 5) is 14.7. The number of carbonyl (C=O) groups is 1. The van der Waals surface area contributed by atoms with Gasteiger partial charge in [0.05, 0.1) is 6.61 Å². The molecule has 0 bridgehead atoms. The van der Waals surface area contributed by atoms with Crippen molar-refractivity contribution in [2.75, 3.05) is 38.3 Å². The quantitative estimate of drug-likeness (QED) is 0.245. The number of carbonyl (C=O) groups excluding carboxylic acids is 1. The number of aromatic nitrogens is 1. The number of rotatable bonds is 11. The van der Waals surface area contributed by atoms with Crippen LogP contribution in [0.25, 0.3) is 28.1 Å². The zero-order chi connectivity index (χ0) is 24.5. The molecule has 0 saturated heterocycles. The molecule has 0 spiro atoms. The zero-order valence-corrected chi connectivity index (χ0v) is 20.6. The maximum absolute atomic E-state index is 12.3. The van der Waals surface area contributed by atoms with Gasteiger partial charge in [-0.25, -0.2) is 0 Å². The van der Waals surface area contributed by atoms with Crippen LogP contribution in [0.2, 0.25) is 0 Å². The van der Waals surface area contributed by atoms with Crippen molar-refractivity contribution in [1.29, 1.82) is 5.26 Å². The average molecular weight is 459 g/mol. The summed E-state index contributed by atoms with van der Waals surface area (Å²) in [5.41, 5.74) is 4.23. The van der Waals surface area contributed by atoms with Gasteiger partial charge in [-0.3, -0.25) is 4.79 Å². The van der Waals surface area contributed by atoms with Crippen molar-refractivity contribution in [2.24, 2.45) is 7.05 Å². The highest BCUT2D eigenvalue weighted by molar-refractivity contribution is 6.01. The van der Waals surface area contributed by atoms with Crippen molar-refractivity contribution in [3.63, 3.8) is 0 Å². The summed E-state index contributed by atoms with van der Waals surface area (Å²) < 4.78 is 6.94. The van der Waals surface area contributed by atoms with E-state index in [4.69, 9.17) is 4.74 Å². The van der Waals surface area contributed by atoms with Gasteiger partial charge in [0, 0.05) is 50.9 Å². The fraction of sp³-hybridized carbons (Fsp3) is 0.357. The van der Waals surface area contributed by atoms with Gasteiger partial charge < -0.3 is 19.5 Å². The van der Waals surface area contributed by atoms with Gasteiger partial charge >= 0.3 is 0 Å². The molecule has 0 aliphatic heterocycles. The number of fused-ring (bicyclic) bond motifs is 1. The molecule has 1 heterocycles. The SMILES string of the molecule is CCCN(CCC)c1ccc2cc(-c3ccc(/C=C(\C#N)C(=O)NCCOC)n3C)ccc2c1. The number of hydrogen-bond acceptors (Lipinski definition) is 4. The lowest BCUT2D eigenvalue weighted by Gasteiger charge is -2.24. The van der Waals surface area contributed by atoms with Gasteiger partial charge in [-0.2, -0.15) is 5.26 Å². The molecule has 6 heteroatoms. The summed E-state index contributed by atoms with van der Waals surface area (Å²) in [5, 5.41) is 14.5. The maximum Gasteiger partial charge on any atom is 0.262 e. The van der Waals surface area contributed by atoms with Gasteiger partial charge in [-0.15, -0.1) is 0 Å². The standard InChI is InChI=1S/C28H34N4O2/c1-5-14-32(15-6-2)26-10-9-21-17-23(8-7-22(21)18-26)27-12-11-25(31(27)3)19-24(20-29)28(33)30-13-16-34-4/h7-12,17-19H,5-6,13-16H2,1-4H3,(H,30,33)/b24-19+. The maximum atomic E-state index is 12.3. The topological polar surface area (TPSA) is 70.3 Å². The van der Waals surface area contributed by atoms with Crippen LogP contribution in [0.5, 0.6) is 0 Å². The smallest absolute Gasteiger partial charge is 0.262 e. The molecule has 0 saturated carbocycles. The second-order valence-electron chi connectivity index (χ2n) is 8.35. The fourth-order valence-corrected chi connectivity index (χ4v) is 4.12. The summed E-state index contributed by atoms with van der Waals surface area (Å²) in [5.74, 6) is -0.399. The van der Waals surface area contributed by atoms with Crippen LogP contribution in [0.3, 0.4) is 0 Å². The first-order chi connectivity index (χ1) is 16.5. The number of nitrogens with one attached hydrogen (secondary N) is 1. The Bertz CT molecular complexity index is 1200. The van der Waals surface area contributed by atoms with Crippen LogP contribution in [-0.2, 0) is 16.6 Å². The third-order valence-corrected chi connectivity index (χ3v) is 5.88. The summed E-state index contributed by atoms with van der Waals surface area (Å²) in [6.45, 7) is 7.31. The monoisotopic (exact) mass is 458 g/mol. The minimum Gasteiger partial charge on any atom is -0.383 e. The predicted octanol–water partition coefficient (Wildman–Crippen LogP) is 5.14. The van der Waals surface area contributed by atoms with E-state index in [0.29, 0.717) is 13.2 Å². The molecule has 1 N–H and O–H groups in total. The fourth-order valence-electron chi connectivity index (χ4n) is 4.12. The third kappa shape index (κ3) is 5.86. The van der Waals surface area contributed by atoms with Gasteiger partial charge in [0.15, 0.2) is 0 Å². The van der Waals surface area contributed by atoms with Crippen molar-refractivity contribution in [2.45, 2.75) is 26.7 Å². The Labute approximate surface area is 202 Å². The van der Waals surface area contributed by atoms with Crippen LogP contribution in [0.4, 0.5) is 5.69 Å². The lowest BCUT2D eigenvalue weighted by Crippen LogP contribution is -2.27. The predicted molar refractivity (Wildman–Crippen MR) is 140 cm³/mol. The van der Waals surface area contributed by atoms with Crippen molar-refractivity contribution >= 4 is 28.4 Å². The number of nitriles is 1. The molecule has 0 fully saturated rings. The normalized spacial score (nSPS) is 11.4. The van der Waals surface area contributed by atoms with E-state index in [0.717, 1.165) is 42.9 Å². The van der Waals surface area contributed by atoms with Crippen LogP contribution < -0.4 is 10.2 Å². The van der Waals surface area contributed by atoms with E-state index >= 15 is 0 Å². The molecule has 3 aromatic rings. The van der Waals surface area contributed by atoms with Crippen LogP contribution in [0.15, 0.2) is 54.1 Å². The molecular weight excluding hydrogens is 424 g/mol. The number of methoxy groups -OCH3 is 1. The molecule has 3 rings (SSSR count). The van der Waals surface area contributed by atoms with Crippen molar-refractivity contribution in [3.8, 4) is 17.3 Å². The molecule has 6 nitrogen and oxygen atoms in total. The molecule has 178 valence electrons. The van der Waals surface area contributed by atoms with E-state index in [1.54, 1.807) is 13.2 Å². The molecule has 0 aliphatic rings. The highest BCUT2D eigenvalue weighted by atomic mass is 16.5. The van der Waals surface area contributed by atoms with Crippen LogP contribution in [0, 0.1) is 11.3 Å². The Morgan fingerprint density at radius 2 is 1.79 bits per heavy atom. The van der Waals surface area contributed by atoms with Crippen molar-refractivity contribution in [3.05, 3.63) is 59.8 Å². The van der Waals surface area contributed by atoms with Gasteiger partial charge in [-0.1, -0.05) is 32.0 Å². The molecule has 0 atom stereocenters. The largest absolute Gasteiger partial charge is 0.383 e. The van der Waals surface area contributed by atoms with E-state index in [-0.39, 0.29) is 5.57 Å². The molecular formula is C28H34N4O2. The summed E-state index contributed by atoms with van der Waals surface area (Å²) in [6, 6.07) is 19.1. The Morgan fingerprint density at radius 1 is 1.09 bits per heavy atom. The highest BCUT2D eigenvalue weighted by Crippen LogP contribution is 2.29. The Balaban J connectivity index is 1.87. The zero-order valence-electron chi connectivity index (χ0n) is 20.6. The van der Waals surface area contributed by atoms with E-state index in [1.807, 2.05) is 29.8 Å². The lowest BCUT2D eigenvalue weighted by atomic mass is 10.0. The number of amides is 1. The molecule has 1 amide bonds. The summed E-state index contributed by atoms with van der Waals surface area (Å²) in [6.07, 6.45) is 3.88. The van der Waals surface area contributed by atoms with Crippen molar-refractivity contribution < 1.29 is 9.53 Å². The van der Waals surface area contributed by atoms with E-state index in [2.05, 4.69) is 60.5 Å². The molecule has 0 unspecified atom stereocenters. The first-order valence-electron chi connectivity index (χ1n) is 11.9. The Morgan fingerprint density at radius 3 is 2.47 bits per heavy atom. The summed E-state index contributed by atoms with van der Waals surface area (Å²) in [7, 11) is 3.51. The Kier molecular flexibility index (Phi) is 8.89. The van der Waals surface area contributed by atoms with E-state index in [9.17, 15) is 10.1 Å².